The number of thiazole rings is 1. The average molecular weight is 271 g/mol. The molecule has 0 radical (unpaired) electrons. The first-order valence-corrected chi connectivity index (χ1v) is 6.53. The number of esters is 1. The number of aryl methyl sites for hydroxylation is 1. The van der Waals surface area contributed by atoms with Crippen LogP contribution in [0.5, 0.6) is 0 Å². The molecule has 0 aliphatic rings. The molecule has 1 amide bonds. The number of primary amides is 1. The van der Waals surface area contributed by atoms with Gasteiger partial charge in [-0.15, -0.1) is 11.3 Å². The number of nitrogens with two attached hydrogens (primary N) is 1. The van der Waals surface area contributed by atoms with Gasteiger partial charge in [0.1, 0.15) is 0 Å². The molecule has 0 bridgehead atoms. The van der Waals surface area contributed by atoms with E-state index in [9.17, 15) is 9.59 Å². The summed E-state index contributed by atoms with van der Waals surface area (Å²) >= 11 is 1.48. The number of carbonyl (C=O) groups is 2. The fourth-order valence-corrected chi connectivity index (χ4v) is 2.07. The Bertz CT molecular complexity index is 406. The largest absolute Gasteiger partial charge is 0.469 e. The van der Waals surface area contributed by atoms with Crippen LogP contribution in [0.25, 0.3) is 0 Å². The SMILES string of the molecule is COC(=O)CCc1csc(NCCCC(N)=O)n1. The molecule has 1 aromatic rings. The maximum Gasteiger partial charge on any atom is 0.305 e. The van der Waals surface area contributed by atoms with E-state index in [1.54, 1.807) is 0 Å². The average Bonchev–Trinajstić information content (AvgIpc) is 2.79. The highest BCUT2D eigenvalue weighted by atomic mass is 32.1. The minimum Gasteiger partial charge on any atom is -0.469 e. The smallest absolute Gasteiger partial charge is 0.305 e. The number of amides is 1. The molecule has 18 heavy (non-hydrogen) atoms. The molecule has 0 unspecified atom stereocenters. The summed E-state index contributed by atoms with van der Waals surface area (Å²) in [6, 6.07) is 0. The van der Waals surface area contributed by atoms with Crippen molar-refractivity contribution in [3.8, 4) is 0 Å². The Morgan fingerprint density at radius 2 is 2.28 bits per heavy atom. The molecular weight excluding hydrogens is 254 g/mol. The zero-order chi connectivity index (χ0) is 13.4. The molecule has 3 N–H and O–H groups in total. The van der Waals surface area contributed by atoms with E-state index in [0.717, 1.165) is 10.8 Å². The molecular formula is C11H17N3O3S. The molecule has 0 aliphatic heterocycles. The third kappa shape index (κ3) is 5.62. The van der Waals surface area contributed by atoms with Gasteiger partial charge < -0.3 is 15.8 Å². The van der Waals surface area contributed by atoms with Gasteiger partial charge in [0.15, 0.2) is 5.13 Å². The quantitative estimate of drug-likeness (QED) is 0.541. The first kappa shape index (κ1) is 14.4. The Hall–Kier alpha value is -1.63. The van der Waals surface area contributed by atoms with Crippen LogP contribution >= 0.6 is 11.3 Å². The van der Waals surface area contributed by atoms with E-state index in [4.69, 9.17) is 5.73 Å². The lowest BCUT2D eigenvalue weighted by atomic mass is 10.2. The fourth-order valence-electron chi connectivity index (χ4n) is 1.29. The number of hydrogen-bond acceptors (Lipinski definition) is 6. The molecule has 0 aliphatic carbocycles. The van der Waals surface area contributed by atoms with Crippen LogP contribution in [0.4, 0.5) is 5.13 Å². The minimum absolute atomic E-state index is 0.237. The van der Waals surface area contributed by atoms with Gasteiger partial charge in [0, 0.05) is 24.8 Å². The van der Waals surface area contributed by atoms with Gasteiger partial charge in [-0.25, -0.2) is 4.98 Å². The Kier molecular flexibility index (Phi) is 6.13. The van der Waals surface area contributed by atoms with Crippen LogP contribution in [0.3, 0.4) is 0 Å². The maximum absolute atomic E-state index is 11.0. The minimum atomic E-state index is -0.297. The number of rotatable bonds is 8. The summed E-state index contributed by atoms with van der Waals surface area (Å²) in [5.41, 5.74) is 5.90. The molecule has 0 aromatic carbocycles. The van der Waals surface area contributed by atoms with Crippen molar-refractivity contribution < 1.29 is 14.3 Å². The van der Waals surface area contributed by atoms with Crippen LogP contribution in [0.2, 0.25) is 0 Å². The van der Waals surface area contributed by atoms with Gasteiger partial charge >= 0.3 is 5.97 Å². The number of carbonyl (C=O) groups excluding carboxylic acids is 2. The highest BCUT2D eigenvalue weighted by Crippen LogP contribution is 2.16. The number of aromatic nitrogens is 1. The van der Waals surface area contributed by atoms with Crippen LogP contribution in [0, 0.1) is 0 Å². The second-order valence-electron chi connectivity index (χ2n) is 3.72. The van der Waals surface area contributed by atoms with Crippen molar-refractivity contribution >= 4 is 28.3 Å². The number of methoxy groups -OCH3 is 1. The Morgan fingerprint density at radius 3 is 2.94 bits per heavy atom. The van der Waals surface area contributed by atoms with Crippen molar-refractivity contribution in [3.05, 3.63) is 11.1 Å². The van der Waals surface area contributed by atoms with E-state index in [1.165, 1.54) is 18.4 Å². The summed E-state index contributed by atoms with van der Waals surface area (Å²) in [5, 5.41) is 5.80. The monoisotopic (exact) mass is 271 g/mol. The maximum atomic E-state index is 11.0. The lowest BCUT2D eigenvalue weighted by Crippen LogP contribution is -2.12. The van der Waals surface area contributed by atoms with Gasteiger partial charge in [-0.05, 0) is 6.42 Å². The van der Waals surface area contributed by atoms with E-state index < -0.39 is 0 Å². The molecule has 0 spiro atoms. The highest BCUT2D eigenvalue weighted by Gasteiger charge is 2.05. The van der Waals surface area contributed by atoms with Crippen LogP contribution < -0.4 is 11.1 Å². The topological polar surface area (TPSA) is 94.3 Å². The molecule has 0 saturated carbocycles. The molecule has 1 aromatic heterocycles. The van der Waals surface area contributed by atoms with E-state index in [-0.39, 0.29) is 11.9 Å². The second kappa shape index (κ2) is 7.65. The van der Waals surface area contributed by atoms with Crippen molar-refractivity contribution in [2.75, 3.05) is 19.0 Å². The number of hydrogen-bond donors (Lipinski definition) is 2. The van der Waals surface area contributed by atoms with Crippen LogP contribution in [-0.2, 0) is 20.7 Å². The van der Waals surface area contributed by atoms with Crippen LogP contribution in [0.15, 0.2) is 5.38 Å². The number of nitrogens with one attached hydrogen (secondary N) is 1. The van der Waals surface area contributed by atoms with Crippen molar-refractivity contribution in [1.29, 1.82) is 0 Å². The third-order valence-electron chi connectivity index (χ3n) is 2.24. The van der Waals surface area contributed by atoms with Crippen LogP contribution in [-0.4, -0.2) is 30.5 Å². The predicted octanol–water partition coefficient (Wildman–Crippen LogP) is 0.926. The molecule has 1 rings (SSSR count). The normalized spacial score (nSPS) is 10.1. The zero-order valence-corrected chi connectivity index (χ0v) is 11.1. The van der Waals surface area contributed by atoms with E-state index in [1.807, 2.05) is 5.38 Å². The Labute approximate surface area is 110 Å². The van der Waals surface area contributed by atoms with Gasteiger partial charge in [-0.1, -0.05) is 0 Å². The first-order valence-electron chi connectivity index (χ1n) is 5.65. The summed E-state index contributed by atoms with van der Waals surface area (Å²) in [6.07, 6.45) is 1.97. The van der Waals surface area contributed by atoms with E-state index >= 15 is 0 Å². The number of anilines is 1. The Balaban J connectivity index is 2.25. The summed E-state index contributed by atoms with van der Waals surface area (Å²) in [6.45, 7) is 0.660. The van der Waals surface area contributed by atoms with E-state index in [2.05, 4.69) is 15.0 Å². The van der Waals surface area contributed by atoms with Gasteiger partial charge in [-0.3, -0.25) is 9.59 Å². The molecule has 0 atom stereocenters. The molecule has 1 heterocycles. The number of ether oxygens (including phenoxy) is 1. The summed E-state index contributed by atoms with van der Waals surface area (Å²) < 4.78 is 4.56. The summed E-state index contributed by atoms with van der Waals surface area (Å²) in [4.78, 5) is 25.8. The van der Waals surface area contributed by atoms with Gasteiger partial charge in [0.05, 0.1) is 19.2 Å². The van der Waals surface area contributed by atoms with Crippen molar-refractivity contribution in [2.45, 2.75) is 25.7 Å². The predicted molar refractivity (Wildman–Crippen MR) is 69.4 cm³/mol. The van der Waals surface area contributed by atoms with Gasteiger partial charge in [0.25, 0.3) is 0 Å². The Morgan fingerprint density at radius 1 is 1.50 bits per heavy atom. The lowest BCUT2D eigenvalue weighted by Gasteiger charge is -2.00. The van der Waals surface area contributed by atoms with Gasteiger partial charge in [0.2, 0.25) is 5.91 Å². The van der Waals surface area contributed by atoms with Crippen LogP contribution in [0.1, 0.15) is 25.0 Å². The first-order chi connectivity index (χ1) is 8.61. The second-order valence-corrected chi connectivity index (χ2v) is 4.57. The summed E-state index contributed by atoms with van der Waals surface area (Å²) in [7, 11) is 1.37. The summed E-state index contributed by atoms with van der Waals surface area (Å²) in [5.74, 6) is -0.534. The highest BCUT2D eigenvalue weighted by molar-refractivity contribution is 7.13. The molecule has 7 heteroatoms. The molecule has 0 fully saturated rings. The molecule has 100 valence electrons. The zero-order valence-electron chi connectivity index (χ0n) is 10.3. The van der Waals surface area contributed by atoms with Crippen molar-refractivity contribution in [2.24, 2.45) is 5.73 Å². The van der Waals surface area contributed by atoms with Crippen molar-refractivity contribution in [1.82, 2.24) is 4.98 Å². The van der Waals surface area contributed by atoms with E-state index in [0.29, 0.717) is 32.2 Å². The lowest BCUT2D eigenvalue weighted by molar-refractivity contribution is -0.140. The van der Waals surface area contributed by atoms with Gasteiger partial charge in [-0.2, -0.15) is 0 Å². The molecule has 0 saturated heterocycles. The van der Waals surface area contributed by atoms with Crippen molar-refractivity contribution in [3.63, 3.8) is 0 Å². The standard InChI is InChI=1S/C11H17N3O3S/c1-17-10(16)5-4-8-7-18-11(14-8)13-6-2-3-9(12)15/h7H,2-6H2,1H3,(H2,12,15)(H,13,14). The molecule has 6 nitrogen and oxygen atoms in total. The number of nitrogens with zero attached hydrogens (tertiary/aromatic N) is 1. The fraction of sp³-hybridized carbons (Fsp3) is 0.545. The third-order valence-corrected chi connectivity index (χ3v) is 3.09.